The predicted molar refractivity (Wildman–Crippen MR) is 89.4 cm³/mol. The third-order valence-corrected chi connectivity index (χ3v) is 6.98. The van der Waals surface area contributed by atoms with E-state index < -0.39 is 0 Å². The highest BCUT2D eigenvalue weighted by Crippen LogP contribution is 2.45. The van der Waals surface area contributed by atoms with E-state index in [2.05, 4.69) is 38.1 Å². The maximum atomic E-state index is 2.45. The van der Waals surface area contributed by atoms with E-state index in [0.717, 1.165) is 23.7 Å². The van der Waals surface area contributed by atoms with Gasteiger partial charge in [0.15, 0.2) is 0 Å². The fourth-order valence-corrected chi connectivity index (χ4v) is 5.58. The van der Waals surface area contributed by atoms with Crippen molar-refractivity contribution in [2.75, 3.05) is 5.75 Å². The van der Waals surface area contributed by atoms with Crippen LogP contribution >= 0.6 is 11.8 Å². The molecule has 20 heavy (non-hydrogen) atoms. The fourth-order valence-electron chi connectivity index (χ4n) is 4.36. The second-order valence-electron chi connectivity index (χ2n) is 7.01. The Bertz CT molecular complexity index is 437. The summed E-state index contributed by atoms with van der Waals surface area (Å²) in [5.74, 6) is 5.36. The lowest BCUT2D eigenvalue weighted by Gasteiger charge is -2.27. The molecule has 4 atom stereocenters. The summed E-state index contributed by atoms with van der Waals surface area (Å²) in [6.45, 7) is 4.74. The van der Waals surface area contributed by atoms with Gasteiger partial charge in [0.1, 0.15) is 0 Å². The second-order valence-corrected chi connectivity index (χ2v) is 8.07. The zero-order chi connectivity index (χ0) is 13.9. The molecule has 0 spiro atoms. The molecule has 3 aliphatic rings. The van der Waals surface area contributed by atoms with Crippen molar-refractivity contribution < 1.29 is 0 Å². The number of hydrogen-bond acceptors (Lipinski definition) is 1. The van der Waals surface area contributed by atoms with Gasteiger partial charge in [-0.3, -0.25) is 0 Å². The number of hydrogen-bond donors (Lipinski definition) is 0. The molecule has 0 bridgehead atoms. The van der Waals surface area contributed by atoms with E-state index in [1.807, 2.05) is 11.8 Å². The SMILES string of the molecule is CC1CCC2CCCCC12.CC1CSc2ccccc21. The summed E-state index contributed by atoms with van der Waals surface area (Å²) < 4.78 is 0. The van der Waals surface area contributed by atoms with E-state index in [9.17, 15) is 0 Å². The molecule has 0 N–H and O–H groups in total. The molecule has 1 aliphatic heterocycles. The number of rotatable bonds is 0. The van der Waals surface area contributed by atoms with Crippen LogP contribution in [-0.4, -0.2) is 5.75 Å². The molecule has 1 aromatic rings. The van der Waals surface area contributed by atoms with Gasteiger partial charge in [-0.2, -0.15) is 0 Å². The zero-order valence-electron chi connectivity index (χ0n) is 13.0. The largest absolute Gasteiger partial charge is 0.125 e. The van der Waals surface area contributed by atoms with Gasteiger partial charge in [-0.25, -0.2) is 0 Å². The summed E-state index contributed by atoms with van der Waals surface area (Å²) in [5.41, 5.74) is 1.53. The van der Waals surface area contributed by atoms with Crippen LogP contribution in [0.25, 0.3) is 0 Å². The summed E-state index contributed by atoms with van der Waals surface area (Å²) in [5, 5.41) is 0. The van der Waals surface area contributed by atoms with Crippen LogP contribution in [0.4, 0.5) is 0 Å². The Morgan fingerprint density at radius 3 is 2.55 bits per heavy atom. The van der Waals surface area contributed by atoms with Crippen molar-refractivity contribution >= 4 is 11.8 Å². The number of benzene rings is 1. The summed E-state index contributed by atoms with van der Waals surface area (Å²) in [6.07, 6.45) is 9.21. The molecule has 1 aromatic carbocycles. The zero-order valence-corrected chi connectivity index (χ0v) is 13.8. The van der Waals surface area contributed by atoms with Gasteiger partial charge in [0.25, 0.3) is 0 Å². The topological polar surface area (TPSA) is 0 Å². The van der Waals surface area contributed by atoms with Crippen molar-refractivity contribution in [3.8, 4) is 0 Å². The van der Waals surface area contributed by atoms with Crippen molar-refractivity contribution in [1.29, 1.82) is 0 Å². The highest BCUT2D eigenvalue weighted by molar-refractivity contribution is 7.99. The summed E-state index contributed by atoms with van der Waals surface area (Å²) in [6, 6.07) is 8.69. The Morgan fingerprint density at radius 1 is 0.950 bits per heavy atom. The van der Waals surface area contributed by atoms with Crippen LogP contribution in [0.2, 0.25) is 0 Å². The van der Waals surface area contributed by atoms with Crippen molar-refractivity contribution in [3.63, 3.8) is 0 Å². The minimum absolute atomic E-state index is 0.765. The molecule has 0 nitrogen and oxygen atoms in total. The van der Waals surface area contributed by atoms with E-state index in [1.54, 1.807) is 19.3 Å². The van der Waals surface area contributed by atoms with Gasteiger partial charge in [0.2, 0.25) is 0 Å². The van der Waals surface area contributed by atoms with Gasteiger partial charge in [-0.15, -0.1) is 11.8 Å². The Balaban J connectivity index is 0.000000121. The van der Waals surface area contributed by atoms with Gasteiger partial charge in [-0.1, -0.05) is 57.7 Å². The lowest BCUT2D eigenvalue weighted by atomic mass is 9.79. The number of fused-ring (bicyclic) bond motifs is 2. The van der Waals surface area contributed by atoms with Crippen LogP contribution in [0, 0.1) is 17.8 Å². The molecule has 0 amide bonds. The van der Waals surface area contributed by atoms with Crippen molar-refractivity contribution in [2.45, 2.75) is 63.2 Å². The first-order valence-electron chi connectivity index (χ1n) is 8.47. The first-order valence-corrected chi connectivity index (χ1v) is 9.46. The first kappa shape index (κ1) is 14.5. The Kier molecular flexibility index (Phi) is 4.75. The summed E-state index contributed by atoms with van der Waals surface area (Å²) in [7, 11) is 0. The normalized spacial score (nSPS) is 34.9. The lowest BCUT2D eigenvalue weighted by molar-refractivity contribution is 0.238. The second kappa shape index (κ2) is 6.56. The lowest BCUT2D eigenvalue weighted by Crippen LogP contribution is -2.17. The maximum Gasteiger partial charge on any atom is 0.0107 e. The van der Waals surface area contributed by atoms with Crippen molar-refractivity contribution in [3.05, 3.63) is 29.8 Å². The molecule has 0 saturated heterocycles. The Hall–Kier alpha value is -0.430. The molecule has 2 saturated carbocycles. The van der Waals surface area contributed by atoms with E-state index in [0.29, 0.717) is 0 Å². The molecule has 0 radical (unpaired) electrons. The van der Waals surface area contributed by atoms with E-state index in [-0.39, 0.29) is 0 Å². The van der Waals surface area contributed by atoms with Gasteiger partial charge >= 0.3 is 0 Å². The molecule has 4 rings (SSSR count). The number of thioether (sulfide) groups is 1. The third kappa shape index (κ3) is 3.08. The molecule has 2 aliphatic carbocycles. The molecule has 110 valence electrons. The fraction of sp³-hybridized carbons (Fsp3) is 0.684. The van der Waals surface area contributed by atoms with E-state index in [1.165, 1.54) is 35.5 Å². The van der Waals surface area contributed by atoms with Crippen LogP contribution in [-0.2, 0) is 0 Å². The van der Waals surface area contributed by atoms with Crippen LogP contribution in [0.5, 0.6) is 0 Å². The average Bonchev–Trinajstić information content (AvgIpc) is 3.05. The first-order chi connectivity index (χ1) is 9.75. The molecule has 0 aromatic heterocycles. The predicted octanol–water partition coefficient (Wildman–Crippen LogP) is 6.12. The Morgan fingerprint density at radius 2 is 1.75 bits per heavy atom. The Labute approximate surface area is 128 Å². The van der Waals surface area contributed by atoms with Crippen LogP contribution in [0.3, 0.4) is 0 Å². The van der Waals surface area contributed by atoms with Crippen molar-refractivity contribution in [2.24, 2.45) is 17.8 Å². The maximum absolute atomic E-state index is 2.45. The third-order valence-electron chi connectivity index (χ3n) is 5.63. The average molecular weight is 289 g/mol. The molecular formula is C19H28S. The van der Waals surface area contributed by atoms with Crippen LogP contribution in [0.1, 0.15) is 63.9 Å². The molecule has 2 fully saturated rings. The van der Waals surface area contributed by atoms with Crippen LogP contribution < -0.4 is 0 Å². The summed E-state index contributed by atoms with van der Waals surface area (Å²) >= 11 is 1.98. The highest BCUT2D eigenvalue weighted by atomic mass is 32.2. The molecule has 1 heteroatoms. The quantitative estimate of drug-likeness (QED) is 0.554. The smallest absolute Gasteiger partial charge is 0.0107 e. The van der Waals surface area contributed by atoms with Gasteiger partial charge in [0, 0.05) is 10.6 Å². The standard InChI is InChI=1S/C10H18.C9H10S/c1-8-6-7-9-4-2-3-5-10(8)9;1-7-6-10-9-5-3-2-4-8(7)9/h8-10H,2-7H2,1H3;2-5,7H,6H2,1H3. The summed E-state index contributed by atoms with van der Waals surface area (Å²) in [4.78, 5) is 1.48. The van der Waals surface area contributed by atoms with Gasteiger partial charge in [0.05, 0.1) is 0 Å². The minimum atomic E-state index is 0.765. The van der Waals surface area contributed by atoms with Gasteiger partial charge in [-0.05, 0) is 48.1 Å². The minimum Gasteiger partial charge on any atom is -0.125 e. The molecular weight excluding hydrogens is 260 g/mol. The van der Waals surface area contributed by atoms with Gasteiger partial charge < -0.3 is 0 Å². The monoisotopic (exact) mass is 288 g/mol. The molecule has 4 unspecified atom stereocenters. The van der Waals surface area contributed by atoms with Crippen LogP contribution in [0.15, 0.2) is 29.2 Å². The highest BCUT2D eigenvalue weighted by Gasteiger charge is 2.34. The van der Waals surface area contributed by atoms with E-state index >= 15 is 0 Å². The van der Waals surface area contributed by atoms with E-state index in [4.69, 9.17) is 0 Å². The van der Waals surface area contributed by atoms with Crippen molar-refractivity contribution in [1.82, 2.24) is 0 Å². The molecule has 1 heterocycles.